The lowest BCUT2D eigenvalue weighted by Crippen LogP contribution is -2.47. The van der Waals surface area contributed by atoms with Crippen LogP contribution in [0.3, 0.4) is 0 Å². The van der Waals surface area contributed by atoms with Gasteiger partial charge in [0.1, 0.15) is 5.75 Å². The summed E-state index contributed by atoms with van der Waals surface area (Å²) in [4.78, 5) is 13.8. The molecule has 0 atom stereocenters. The summed E-state index contributed by atoms with van der Waals surface area (Å²) in [6.45, 7) is 7.46. The smallest absolute Gasteiger partial charge is 0.260 e. The van der Waals surface area contributed by atoms with Crippen LogP contribution >= 0.6 is 0 Å². The van der Waals surface area contributed by atoms with Crippen LogP contribution in [0.25, 0.3) is 0 Å². The molecule has 0 radical (unpaired) electrons. The minimum atomic E-state index is 0.0662. The molecule has 0 unspecified atom stereocenters. The van der Waals surface area contributed by atoms with E-state index >= 15 is 0 Å². The molecule has 1 heterocycles. The summed E-state index contributed by atoms with van der Waals surface area (Å²) in [5, 5.41) is 3.22. The summed E-state index contributed by atoms with van der Waals surface area (Å²) in [5.74, 6) is 0.862. The molecule has 0 saturated carbocycles. The Morgan fingerprint density at radius 3 is 2.72 bits per heavy atom. The number of nitrogens with zero attached hydrogens (tertiary/aromatic N) is 1. The summed E-state index contributed by atoms with van der Waals surface area (Å²) in [6.07, 6.45) is 0. The van der Waals surface area contributed by atoms with Crippen LogP contribution in [-0.4, -0.2) is 43.6 Å². The Labute approximate surface area is 108 Å². The van der Waals surface area contributed by atoms with Crippen molar-refractivity contribution < 1.29 is 9.53 Å². The Balaban J connectivity index is 1.88. The summed E-state index contributed by atoms with van der Waals surface area (Å²) in [7, 11) is 0. The van der Waals surface area contributed by atoms with E-state index < -0.39 is 0 Å². The number of nitrogens with one attached hydrogen (secondary N) is 1. The molecule has 98 valence electrons. The van der Waals surface area contributed by atoms with E-state index in [0.29, 0.717) is 0 Å². The van der Waals surface area contributed by atoms with Gasteiger partial charge in [-0.15, -0.1) is 0 Å². The van der Waals surface area contributed by atoms with Crippen molar-refractivity contribution in [2.75, 3.05) is 32.8 Å². The Bertz CT molecular complexity index is 426. The minimum absolute atomic E-state index is 0.0662. The monoisotopic (exact) mass is 248 g/mol. The van der Waals surface area contributed by atoms with Crippen LogP contribution < -0.4 is 10.1 Å². The maximum absolute atomic E-state index is 11.9. The fourth-order valence-corrected chi connectivity index (χ4v) is 2.11. The van der Waals surface area contributed by atoms with Gasteiger partial charge in [-0.2, -0.15) is 0 Å². The summed E-state index contributed by atoms with van der Waals surface area (Å²) in [5.41, 5.74) is 2.27. The molecule has 4 heteroatoms. The lowest BCUT2D eigenvalue weighted by atomic mass is 10.1. The third-order valence-corrected chi connectivity index (χ3v) is 3.15. The molecule has 1 fully saturated rings. The topological polar surface area (TPSA) is 41.6 Å². The van der Waals surface area contributed by atoms with Crippen LogP contribution in [0.4, 0.5) is 0 Å². The number of piperazine rings is 1. The van der Waals surface area contributed by atoms with Crippen molar-refractivity contribution in [3.8, 4) is 5.75 Å². The number of carbonyl (C=O) groups is 1. The highest BCUT2D eigenvalue weighted by molar-refractivity contribution is 5.78. The number of hydrogen-bond acceptors (Lipinski definition) is 3. The second-order valence-corrected chi connectivity index (χ2v) is 4.69. The van der Waals surface area contributed by atoms with Crippen molar-refractivity contribution in [1.29, 1.82) is 0 Å². The van der Waals surface area contributed by atoms with Crippen LogP contribution in [0.5, 0.6) is 5.75 Å². The Morgan fingerprint density at radius 1 is 1.33 bits per heavy atom. The molecule has 0 aliphatic carbocycles. The zero-order chi connectivity index (χ0) is 13.0. The maximum Gasteiger partial charge on any atom is 0.260 e. The zero-order valence-corrected chi connectivity index (χ0v) is 11.0. The van der Waals surface area contributed by atoms with Crippen LogP contribution in [0.15, 0.2) is 18.2 Å². The Kier molecular flexibility index (Phi) is 4.20. The van der Waals surface area contributed by atoms with Gasteiger partial charge in [0.2, 0.25) is 0 Å². The highest BCUT2D eigenvalue weighted by Gasteiger charge is 2.16. The van der Waals surface area contributed by atoms with Gasteiger partial charge in [0.15, 0.2) is 6.61 Å². The SMILES string of the molecule is Cc1ccc(OCC(=O)N2CCNCC2)c(C)c1. The van der Waals surface area contributed by atoms with E-state index in [4.69, 9.17) is 4.74 Å². The van der Waals surface area contributed by atoms with Gasteiger partial charge in [0.05, 0.1) is 0 Å². The molecule has 18 heavy (non-hydrogen) atoms. The normalized spacial score (nSPS) is 15.6. The first-order valence-electron chi connectivity index (χ1n) is 6.35. The van der Waals surface area contributed by atoms with E-state index in [1.165, 1.54) is 5.56 Å². The lowest BCUT2D eigenvalue weighted by Gasteiger charge is -2.27. The Morgan fingerprint density at radius 2 is 2.06 bits per heavy atom. The highest BCUT2D eigenvalue weighted by Crippen LogP contribution is 2.18. The molecule has 1 saturated heterocycles. The average Bonchev–Trinajstić information content (AvgIpc) is 2.38. The molecule has 1 aromatic carbocycles. The van der Waals surface area contributed by atoms with E-state index in [9.17, 15) is 4.79 Å². The summed E-state index contributed by atoms with van der Waals surface area (Å²) < 4.78 is 5.60. The number of rotatable bonds is 3. The molecular formula is C14H20N2O2. The number of ether oxygens (including phenoxy) is 1. The molecular weight excluding hydrogens is 228 g/mol. The van der Waals surface area contributed by atoms with Gasteiger partial charge in [0.25, 0.3) is 5.91 Å². The van der Waals surface area contributed by atoms with Gasteiger partial charge >= 0.3 is 0 Å². The zero-order valence-electron chi connectivity index (χ0n) is 11.0. The number of carbonyl (C=O) groups excluding carboxylic acids is 1. The van der Waals surface area contributed by atoms with E-state index in [1.54, 1.807) is 0 Å². The van der Waals surface area contributed by atoms with E-state index in [2.05, 4.69) is 11.4 Å². The van der Waals surface area contributed by atoms with Crippen LogP contribution in [0.1, 0.15) is 11.1 Å². The van der Waals surface area contributed by atoms with E-state index in [0.717, 1.165) is 37.5 Å². The largest absolute Gasteiger partial charge is 0.484 e. The fraction of sp³-hybridized carbons (Fsp3) is 0.500. The molecule has 0 aromatic heterocycles. The van der Waals surface area contributed by atoms with Crippen molar-refractivity contribution in [3.05, 3.63) is 29.3 Å². The highest BCUT2D eigenvalue weighted by atomic mass is 16.5. The molecule has 1 aromatic rings. The van der Waals surface area contributed by atoms with Gasteiger partial charge in [0, 0.05) is 26.2 Å². The van der Waals surface area contributed by atoms with Gasteiger partial charge in [-0.1, -0.05) is 17.7 Å². The lowest BCUT2D eigenvalue weighted by molar-refractivity contribution is -0.133. The minimum Gasteiger partial charge on any atom is -0.484 e. The van der Waals surface area contributed by atoms with Crippen molar-refractivity contribution >= 4 is 5.91 Å². The third kappa shape index (κ3) is 3.23. The van der Waals surface area contributed by atoms with Gasteiger partial charge < -0.3 is 15.0 Å². The van der Waals surface area contributed by atoms with Crippen molar-refractivity contribution in [3.63, 3.8) is 0 Å². The molecule has 1 aliphatic rings. The van der Waals surface area contributed by atoms with Crippen molar-refractivity contribution in [2.24, 2.45) is 0 Å². The fourth-order valence-electron chi connectivity index (χ4n) is 2.11. The first-order chi connectivity index (χ1) is 8.66. The van der Waals surface area contributed by atoms with Crippen LogP contribution in [0.2, 0.25) is 0 Å². The van der Waals surface area contributed by atoms with Crippen molar-refractivity contribution in [2.45, 2.75) is 13.8 Å². The maximum atomic E-state index is 11.9. The van der Waals surface area contributed by atoms with Crippen LogP contribution in [0, 0.1) is 13.8 Å². The molecule has 4 nitrogen and oxygen atoms in total. The second kappa shape index (κ2) is 5.87. The predicted molar refractivity (Wildman–Crippen MR) is 70.9 cm³/mol. The number of amides is 1. The third-order valence-electron chi connectivity index (χ3n) is 3.15. The van der Waals surface area contributed by atoms with E-state index in [1.807, 2.05) is 30.9 Å². The molecule has 1 aliphatic heterocycles. The summed E-state index contributed by atoms with van der Waals surface area (Å²) in [6, 6.07) is 5.98. The standard InChI is InChI=1S/C14H20N2O2/c1-11-3-4-13(12(2)9-11)18-10-14(17)16-7-5-15-6-8-16/h3-4,9,15H,5-8,10H2,1-2H3. The van der Waals surface area contributed by atoms with Gasteiger partial charge in [-0.25, -0.2) is 0 Å². The molecule has 1 N–H and O–H groups in total. The van der Waals surface area contributed by atoms with Gasteiger partial charge in [-0.05, 0) is 25.5 Å². The average molecular weight is 248 g/mol. The quantitative estimate of drug-likeness (QED) is 0.871. The Hall–Kier alpha value is -1.55. The number of aryl methyl sites for hydroxylation is 2. The molecule has 1 amide bonds. The summed E-state index contributed by atoms with van der Waals surface area (Å²) >= 11 is 0. The predicted octanol–water partition coefficient (Wildman–Crippen LogP) is 1.11. The molecule has 2 rings (SSSR count). The van der Waals surface area contributed by atoms with Crippen molar-refractivity contribution in [1.82, 2.24) is 10.2 Å². The van der Waals surface area contributed by atoms with E-state index in [-0.39, 0.29) is 12.5 Å². The molecule has 0 bridgehead atoms. The second-order valence-electron chi connectivity index (χ2n) is 4.69. The first-order valence-corrected chi connectivity index (χ1v) is 6.35. The number of benzene rings is 1. The first kappa shape index (κ1) is 12.9. The van der Waals surface area contributed by atoms with Gasteiger partial charge in [-0.3, -0.25) is 4.79 Å². The number of hydrogen-bond donors (Lipinski definition) is 1. The van der Waals surface area contributed by atoms with Crippen LogP contribution in [-0.2, 0) is 4.79 Å². The molecule has 0 spiro atoms.